The number of esters is 1. The van der Waals surface area contributed by atoms with Crippen molar-refractivity contribution in [1.82, 2.24) is 0 Å². The van der Waals surface area contributed by atoms with Crippen LogP contribution < -0.4 is 9.64 Å². The summed E-state index contributed by atoms with van der Waals surface area (Å²) in [4.78, 5) is 28.5. The Labute approximate surface area is 192 Å². The highest BCUT2D eigenvalue weighted by molar-refractivity contribution is 6.10. The molecule has 4 rings (SSSR count). The summed E-state index contributed by atoms with van der Waals surface area (Å²) in [5.74, 6) is -1.05. The van der Waals surface area contributed by atoms with Gasteiger partial charge in [0.15, 0.2) is 0 Å². The first-order valence-electron chi connectivity index (χ1n) is 10.4. The topological polar surface area (TPSA) is 85.3 Å². The largest absolute Gasteiger partial charge is 0.497 e. The van der Waals surface area contributed by atoms with Crippen LogP contribution in [0.2, 0.25) is 0 Å². The lowest BCUT2D eigenvalue weighted by molar-refractivity contribution is -0.220. The molecular formula is C26H25NO6. The molecule has 0 spiro atoms. The lowest BCUT2D eigenvalue weighted by Gasteiger charge is -2.41. The van der Waals surface area contributed by atoms with Gasteiger partial charge in [-0.2, -0.15) is 0 Å². The van der Waals surface area contributed by atoms with E-state index in [1.165, 1.54) is 19.1 Å². The molecule has 0 aliphatic carbocycles. The Bertz CT molecular complexity index is 1160. The van der Waals surface area contributed by atoms with E-state index < -0.39 is 23.1 Å². The molecule has 3 aromatic carbocycles. The molecule has 0 bridgehead atoms. The van der Waals surface area contributed by atoms with Crippen LogP contribution in [0.25, 0.3) is 0 Å². The van der Waals surface area contributed by atoms with Gasteiger partial charge in [-0.3, -0.25) is 4.79 Å². The molecule has 0 saturated heterocycles. The van der Waals surface area contributed by atoms with E-state index in [2.05, 4.69) is 0 Å². The van der Waals surface area contributed by atoms with Gasteiger partial charge in [-0.25, -0.2) is 4.79 Å². The second-order valence-electron chi connectivity index (χ2n) is 7.77. The van der Waals surface area contributed by atoms with E-state index in [0.29, 0.717) is 11.4 Å². The van der Waals surface area contributed by atoms with Crippen molar-refractivity contribution in [2.75, 3.05) is 26.2 Å². The molecule has 2 atom stereocenters. The van der Waals surface area contributed by atoms with E-state index in [-0.39, 0.29) is 17.7 Å². The number of carbonyl (C=O) groups excluding carboxylic acids is 2. The van der Waals surface area contributed by atoms with E-state index in [4.69, 9.17) is 14.2 Å². The molecule has 0 unspecified atom stereocenters. The number of rotatable bonds is 7. The summed E-state index contributed by atoms with van der Waals surface area (Å²) in [7, 11) is 4.27. The van der Waals surface area contributed by atoms with Crippen molar-refractivity contribution in [3.63, 3.8) is 0 Å². The average Bonchev–Trinajstić information content (AvgIpc) is 3.07. The number of anilines is 1. The molecule has 0 fully saturated rings. The van der Waals surface area contributed by atoms with E-state index in [0.717, 1.165) is 5.56 Å². The standard InChI is InChI=1S/C26H25NO6/c1-27-22-12-8-7-11-21(22)25(30,23(27)28)26(24(29)32-3,19-13-15-20(31-2)16-14-19)33-17-18-9-5-4-6-10-18/h4-16,30H,17H2,1-3H3/t25-,26-/m1/s1. The second-order valence-corrected chi connectivity index (χ2v) is 7.77. The number of carbonyl (C=O) groups is 2. The molecule has 0 radical (unpaired) electrons. The summed E-state index contributed by atoms with van der Waals surface area (Å²) < 4.78 is 16.7. The number of benzene rings is 3. The molecule has 170 valence electrons. The molecule has 1 amide bonds. The first-order chi connectivity index (χ1) is 15.9. The first-order valence-corrected chi connectivity index (χ1v) is 10.4. The van der Waals surface area contributed by atoms with Crippen molar-refractivity contribution in [2.24, 2.45) is 0 Å². The number of methoxy groups -OCH3 is 2. The molecule has 1 aliphatic rings. The number of amides is 1. The fraction of sp³-hybridized carbons (Fsp3) is 0.231. The Balaban J connectivity index is 1.98. The van der Waals surface area contributed by atoms with Gasteiger partial charge in [0.25, 0.3) is 5.91 Å². The Kier molecular flexibility index (Phi) is 5.93. The normalized spacial score (nSPS) is 19.0. The highest BCUT2D eigenvalue weighted by Gasteiger charge is 2.68. The number of nitrogens with zero attached hydrogens (tertiary/aromatic N) is 1. The zero-order chi connectivity index (χ0) is 23.6. The van der Waals surface area contributed by atoms with Crippen LogP contribution in [0.5, 0.6) is 5.75 Å². The van der Waals surface area contributed by atoms with Gasteiger partial charge in [0.05, 0.1) is 26.5 Å². The fourth-order valence-electron chi connectivity index (χ4n) is 4.34. The van der Waals surface area contributed by atoms with Gasteiger partial charge in [-0.05, 0) is 29.3 Å². The van der Waals surface area contributed by atoms with Crippen molar-refractivity contribution < 1.29 is 28.9 Å². The minimum atomic E-state index is -2.38. The lowest BCUT2D eigenvalue weighted by Crippen LogP contribution is -2.61. The molecular weight excluding hydrogens is 422 g/mol. The van der Waals surface area contributed by atoms with Gasteiger partial charge >= 0.3 is 5.97 Å². The minimum absolute atomic E-state index is 0.0521. The first kappa shape index (κ1) is 22.5. The third-order valence-electron chi connectivity index (χ3n) is 6.05. The maximum atomic E-state index is 13.6. The predicted molar refractivity (Wildman–Crippen MR) is 122 cm³/mol. The van der Waals surface area contributed by atoms with Crippen LogP contribution in [0.15, 0.2) is 78.9 Å². The van der Waals surface area contributed by atoms with Crippen LogP contribution in [0.1, 0.15) is 16.7 Å². The predicted octanol–water partition coefficient (Wildman–Crippen LogP) is 3.14. The molecule has 7 nitrogen and oxygen atoms in total. The van der Waals surface area contributed by atoms with Crippen LogP contribution in [0.4, 0.5) is 5.69 Å². The number of para-hydroxylation sites is 1. The minimum Gasteiger partial charge on any atom is -0.497 e. The van der Waals surface area contributed by atoms with Crippen molar-refractivity contribution >= 4 is 17.6 Å². The Hall–Kier alpha value is -3.68. The monoisotopic (exact) mass is 447 g/mol. The highest BCUT2D eigenvalue weighted by atomic mass is 16.6. The number of hydrogen-bond acceptors (Lipinski definition) is 6. The summed E-state index contributed by atoms with van der Waals surface area (Å²) in [5, 5.41) is 12.2. The molecule has 3 aromatic rings. The van der Waals surface area contributed by atoms with Gasteiger partial charge in [0.2, 0.25) is 11.2 Å². The van der Waals surface area contributed by atoms with Crippen LogP contribution in [-0.2, 0) is 36.9 Å². The number of fused-ring (bicyclic) bond motifs is 1. The smallest absolute Gasteiger partial charge is 0.346 e. The summed E-state index contributed by atoms with van der Waals surface area (Å²) in [6.45, 7) is -0.0521. The van der Waals surface area contributed by atoms with Crippen LogP contribution in [0.3, 0.4) is 0 Å². The third kappa shape index (κ3) is 3.37. The van der Waals surface area contributed by atoms with Gasteiger partial charge in [-0.15, -0.1) is 0 Å². The maximum Gasteiger partial charge on any atom is 0.346 e. The second kappa shape index (κ2) is 8.69. The average molecular weight is 447 g/mol. The Morgan fingerprint density at radius 2 is 1.61 bits per heavy atom. The van der Waals surface area contributed by atoms with E-state index in [9.17, 15) is 14.7 Å². The number of likely N-dealkylation sites (N-methyl/N-ethyl adjacent to an activating group) is 1. The van der Waals surface area contributed by atoms with Crippen molar-refractivity contribution in [3.8, 4) is 5.75 Å². The Morgan fingerprint density at radius 3 is 2.24 bits per heavy atom. The van der Waals surface area contributed by atoms with Crippen LogP contribution in [-0.4, -0.2) is 38.3 Å². The molecule has 7 heteroatoms. The van der Waals surface area contributed by atoms with Crippen LogP contribution in [0, 0.1) is 0 Å². The molecule has 0 saturated carbocycles. The van der Waals surface area contributed by atoms with Gasteiger partial charge < -0.3 is 24.2 Å². The maximum absolute atomic E-state index is 13.6. The number of aliphatic hydroxyl groups is 1. The SMILES string of the molecule is COC(=O)[C@](OCc1ccccc1)(c1ccc(OC)cc1)[C@]1(O)C(=O)N(C)c2ccccc21. The van der Waals surface area contributed by atoms with Gasteiger partial charge in [-0.1, -0.05) is 60.7 Å². The zero-order valence-electron chi connectivity index (χ0n) is 18.6. The summed E-state index contributed by atoms with van der Waals surface area (Å²) in [5.41, 5.74) is -2.82. The summed E-state index contributed by atoms with van der Waals surface area (Å²) in [6, 6.07) is 22.4. The lowest BCUT2D eigenvalue weighted by atomic mass is 9.73. The summed E-state index contributed by atoms with van der Waals surface area (Å²) in [6.07, 6.45) is 0. The van der Waals surface area contributed by atoms with Crippen molar-refractivity contribution in [1.29, 1.82) is 0 Å². The fourth-order valence-corrected chi connectivity index (χ4v) is 4.34. The van der Waals surface area contributed by atoms with Gasteiger partial charge in [0, 0.05) is 12.6 Å². The molecule has 1 heterocycles. The molecule has 1 N–H and O–H groups in total. The summed E-state index contributed by atoms with van der Waals surface area (Å²) >= 11 is 0. The van der Waals surface area contributed by atoms with E-state index >= 15 is 0 Å². The third-order valence-corrected chi connectivity index (χ3v) is 6.05. The van der Waals surface area contributed by atoms with Crippen molar-refractivity contribution in [2.45, 2.75) is 17.8 Å². The van der Waals surface area contributed by atoms with Gasteiger partial charge in [0.1, 0.15) is 5.75 Å². The van der Waals surface area contributed by atoms with E-state index in [1.54, 1.807) is 55.6 Å². The molecule has 0 aromatic heterocycles. The number of hydrogen-bond donors (Lipinski definition) is 1. The molecule has 33 heavy (non-hydrogen) atoms. The quantitative estimate of drug-likeness (QED) is 0.560. The zero-order valence-corrected chi connectivity index (χ0v) is 18.6. The Morgan fingerprint density at radius 1 is 0.970 bits per heavy atom. The highest BCUT2D eigenvalue weighted by Crippen LogP contribution is 2.52. The van der Waals surface area contributed by atoms with Crippen LogP contribution >= 0.6 is 0 Å². The molecule has 1 aliphatic heterocycles. The number of ether oxygens (including phenoxy) is 3. The van der Waals surface area contributed by atoms with Crippen molar-refractivity contribution in [3.05, 3.63) is 95.6 Å². The van der Waals surface area contributed by atoms with E-state index in [1.807, 2.05) is 30.3 Å².